The van der Waals surface area contributed by atoms with E-state index >= 15 is 0 Å². The third-order valence-corrected chi connectivity index (χ3v) is 6.17. The van der Waals surface area contributed by atoms with Crippen LogP contribution in [0.3, 0.4) is 0 Å². The highest BCUT2D eigenvalue weighted by Gasteiger charge is 2.26. The third-order valence-electron chi connectivity index (χ3n) is 3.01. The first-order chi connectivity index (χ1) is 10.1. The fourth-order valence-electron chi connectivity index (χ4n) is 1.91. The molecule has 6 heteroatoms. The Bertz CT molecular complexity index is 726. The van der Waals surface area contributed by atoms with Gasteiger partial charge in [-0.25, -0.2) is 4.68 Å². The smallest absolute Gasteiger partial charge is 0.135 e. The van der Waals surface area contributed by atoms with Gasteiger partial charge >= 0.3 is 0 Å². The van der Waals surface area contributed by atoms with Crippen molar-refractivity contribution >= 4 is 37.4 Å². The lowest BCUT2D eigenvalue weighted by atomic mass is 10.3. The van der Waals surface area contributed by atoms with Crippen LogP contribution in [0.2, 0.25) is 39.3 Å². The summed E-state index contributed by atoms with van der Waals surface area (Å²) in [6.45, 7) is 13.6. The number of benzene rings is 1. The Balaban J connectivity index is 2.62. The molecule has 2 rings (SSSR count). The van der Waals surface area contributed by atoms with Crippen molar-refractivity contribution in [3.63, 3.8) is 0 Å². The molecule has 0 amide bonds. The van der Waals surface area contributed by atoms with Crippen molar-refractivity contribution in [3.05, 3.63) is 34.4 Å². The first kappa shape index (κ1) is 17.2. The second kappa shape index (κ2) is 6.15. The van der Waals surface area contributed by atoms with Gasteiger partial charge in [-0.2, -0.15) is 0 Å². The SMILES string of the molecule is C[Si](C)(C)C#Cc1c([Si](C)(C)C)nnn1-c1ccc(Br)cc1. The number of rotatable bonds is 2. The van der Waals surface area contributed by atoms with Crippen LogP contribution in [-0.2, 0) is 0 Å². The lowest BCUT2D eigenvalue weighted by Gasteiger charge is -2.13. The van der Waals surface area contributed by atoms with Gasteiger partial charge in [0.15, 0.2) is 0 Å². The summed E-state index contributed by atoms with van der Waals surface area (Å²) >= 11 is 3.47. The van der Waals surface area contributed by atoms with Crippen molar-refractivity contribution < 1.29 is 0 Å². The van der Waals surface area contributed by atoms with E-state index in [0.717, 1.165) is 21.2 Å². The molecule has 0 aliphatic heterocycles. The predicted molar refractivity (Wildman–Crippen MR) is 102 cm³/mol. The highest BCUT2D eigenvalue weighted by Crippen LogP contribution is 2.15. The van der Waals surface area contributed by atoms with Gasteiger partial charge in [-0.15, -0.1) is 10.6 Å². The predicted octanol–water partition coefficient (Wildman–Crippen LogP) is 3.80. The van der Waals surface area contributed by atoms with Crippen LogP contribution in [0.15, 0.2) is 28.7 Å². The zero-order valence-corrected chi connectivity index (χ0v) is 17.6. The van der Waals surface area contributed by atoms with E-state index in [2.05, 4.69) is 77.0 Å². The summed E-state index contributed by atoms with van der Waals surface area (Å²) in [7, 11) is -3.04. The summed E-state index contributed by atoms with van der Waals surface area (Å²) in [5.74, 6) is 3.39. The van der Waals surface area contributed by atoms with E-state index < -0.39 is 16.1 Å². The minimum absolute atomic E-state index is 0.962. The maximum Gasteiger partial charge on any atom is 0.135 e. The van der Waals surface area contributed by atoms with Crippen LogP contribution in [0.25, 0.3) is 5.69 Å². The fraction of sp³-hybridized carbons (Fsp3) is 0.375. The second-order valence-corrected chi connectivity index (χ2v) is 18.1. The van der Waals surface area contributed by atoms with E-state index in [1.807, 2.05) is 28.9 Å². The summed E-state index contributed by atoms with van der Waals surface area (Å²) in [4.78, 5) is 0. The highest BCUT2D eigenvalue weighted by atomic mass is 79.9. The normalized spacial score (nSPS) is 12.0. The van der Waals surface area contributed by atoms with E-state index in [1.54, 1.807) is 0 Å². The van der Waals surface area contributed by atoms with Crippen molar-refractivity contribution in [3.8, 4) is 17.2 Å². The zero-order chi connectivity index (χ0) is 16.5. The van der Waals surface area contributed by atoms with Crippen LogP contribution in [0.1, 0.15) is 5.69 Å². The van der Waals surface area contributed by atoms with E-state index in [9.17, 15) is 0 Å². The van der Waals surface area contributed by atoms with Crippen molar-refractivity contribution in [2.75, 3.05) is 0 Å². The molecule has 0 fully saturated rings. The molecule has 0 unspecified atom stereocenters. The maximum atomic E-state index is 4.46. The van der Waals surface area contributed by atoms with Crippen molar-refractivity contribution in [2.45, 2.75) is 39.3 Å². The molecular formula is C16H22BrN3Si2. The minimum atomic E-state index is -1.59. The molecule has 0 aliphatic rings. The van der Waals surface area contributed by atoms with Crippen molar-refractivity contribution in [1.82, 2.24) is 15.0 Å². The quantitative estimate of drug-likeness (QED) is 0.575. The second-order valence-electron chi connectivity index (χ2n) is 7.42. The molecule has 22 heavy (non-hydrogen) atoms. The molecule has 3 nitrogen and oxygen atoms in total. The molecule has 0 saturated heterocycles. The summed E-state index contributed by atoms with van der Waals surface area (Å²) in [5, 5.41) is 9.93. The molecular weight excluding hydrogens is 370 g/mol. The number of halogens is 1. The monoisotopic (exact) mass is 391 g/mol. The van der Waals surface area contributed by atoms with Gasteiger partial charge in [0.25, 0.3) is 0 Å². The number of hydrogen-bond donors (Lipinski definition) is 0. The Morgan fingerprint density at radius 3 is 2.09 bits per heavy atom. The van der Waals surface area contributed by atoms with Gasteiger partial charge in [0.2, 0.25) is 0 Å². The molecule has 0 N–H and O–H groups in total. The van der Waals surface area contributed by atoms with Crippen LogP contribution < -0.4 is 5.32 Å². The van der Waals surface area contributed by atoms with Crippen LogP contribution in [0, 0.1) is 11.5 Å². The number of hydrogen-bond acceptors (Lipinski definition) is 2. The molecule has 1 aromatic carbocycles. The Kier molecular flexibility index (Phi) is 4.80. The Hall–Kier alpha value is -1.17. The highest BCUT2D eigenvalue weighted by molar-refractivity contribution is 9.10. The largest absolute Gasteiger partial charge is 0.205 e. The van der Waals surface area contributed by atoms with Crippen LogP contribution in [0.4, 0.5) is 0 Å². The molecule has 0 aliphatic carbocycles. The van der Waals surface area contributed by atoms with Crippen molar-refractivity contribution in [1.29, 1.82) is 0 Å². The number of aromatic nitrogens is 3. The Labute approximate surface area is 143 Å². The third kappa shape index (κ3) is 4.18. The standard InChI is InChI=1S/C16H22BrN3Si2/c1-21(2,3)12-11-15-16(22(4,5)6)18-19-20(15)14-9-7-13(17)8-10-14/h7-10H,1-6H3. The summed E-state index contributed by atoms with van der Waals surface area (Å²) in [5.41, 5.74) is 5.42. The van der Waals surface area contributed by atoms with Gasteiger partial charge in [0.05, 0.1) is 11.0 Å². The van der Waals surface area contributed by atoms with Gasteiger partial charge < -0.3 is 0 Å². The summed E-state index contributed by atoms with van der Waals surface area (Å²) in [6.07, 6.45) is 0. The van der Waals surface area contributed by atoms with Gasteiger partial charge in [-0.05, 0) is 24.3 Å². The molecule has 116 valence electrons. The first-order valence-electron chi connectivity index (χ1n) is 7.33. The van der Waals surface area contributed by atoms with E-state index in [1.165, 1.54) is 0 Å². The Morgan fingerprint density at radius 2 is 1.59 bits per heavy atom. The van der Waals surface area contributed by atoms with E-state index in [0.29, 0.717) is 0 Å². The lowest BCUT2D eigenvalue weighted by molar-refractivity contribution is 0.798. The average Bonchev–Trinajstić information content (AvgIpc) is 2.80. The first-order valence-corrected chi connectivity index (χ1v) is 15.1. The van der Waals surface area contributed by atoms with Gasteiger partial charge in [0, 0.05) is 4.47 Å². The molecule has 1 heterocycles. The number of nitrogens with zero attached hydrogens (tertiary/aromatic N) is 3. The van der Waals surface area contributed by atoms with Gasteiger partial charge in [-0.3, -0.25) is 0 Å². The van der Waals surface area contributed by atoms with Crippen molar-refractivity contribution in [2.24, 2.45) is 0 Å². The van der Waals surface area contributed by atoms with Crippen LogP contribution >= 0.6 is 15.9 Å². The molecule has 0 atom stereocenters. The summed E-state index contributed by atoms with van der Waals surface area (Å²) < 4.78 is 2.93. The summed E-state index contributed by atoms with van der Waals surface area (Å²) in [6, 6.07) is 8.10. The van der Waals surface area contributed by atoms with Crippen LogP contribution in [0.5, 0.6) is 0 Å². The Morgan fingerprint density at radius 1 is 1.00 bits per heavy atom. The molecule has 0 saturated carbocycles. The minimum Gasteiger partial charge on any atom is -0.205 e. The molecule has 0 spiro atoms. The molecule has 1 aromatic heterocycles. The zero-order valence-electron chi connectivity index (χ0n) is 14.0. The van der Waals surface area contributed by atoms with E-state index in [4.69, 9.17) is 0 Å². The lowest BCUT2D eigenvalue weighted by Crippen LogP contribution is -2.41. The van der Waals surface area contributed by atoms with Gasteiger partial charge in [0.1, 0.15) is 21.8 Å². The topological polar surface area (TPSA) is 30.7 Å². The maximum absolute atomic E-state index is 4.46. The molecule has 0 radical (unpaired) electrons. The molecule has 2 aromatic rings. The van der Waals surface area contributed by atoms with Gasteiger partial charge in [-0.1, -0.05) is 66.3 Å². The van der Waals surface area contributed by atoms with E-state index in [-0.39, 0.29) is 0 Å². The average molecular weight is 392 g/mol. The fourth-order valence-corrected chi connectivity index (χ4v) is 3.89. The van der Waals surface area contributed by atoms with Crippen LogP contribution in [-0.4, -0.2) is 31.1 Å². The molecule has 0 bridgehead atoms.